The lowest BCUT2D eigenvalue weighted by Gasteiger charge is -2.39. The van der Waals surface area contributed by atoms with Crippen LogP contribution in [0.4, 0.5) is 4.79 Å². The van der Waals surface area contributed by atoms with Crippen LogP contribution in [0.15, 0.2) is 30.3 Å². The number of hydrogen-bond acceptors (Lipinski definition) is 3. The van der Waals surface area contributed by atoms with E-state index in [0.717, 1.165) is 5.56 Å². The van der Waals surface area contributed by atoms with Gasteiger partial charge in [-0.15, -0.1) is 0 Å². The van der Waals surface area contributed by atoms with Gasteiger partial charge in [0.15, 0.2) is 0 Å². The van der Waals surface area contributed by atoms with Crippen LogP contribution in [-0.4, -0.2) is 58.3 Å². The van der Waals surface area contributed by atoms with E-state index in [2.05, 4.69) is 4.90 Å². The first kappa shape index (κ1) is 13.8. The van der Waals surface area contributed by atoms with Gasteiger partial charge in [0, 0.05) is 32.2 Å². The van der Waals surface area contributed by atoms with Crippen molar-refractivity contribution in [1.82, 2.24) is 9.80 Å². The van der Waals surface area contributed by atoms with Crippen LogP contribution in [-0.2, 0) is 0 Å². The van der Waals surface area contributed by atoms with E-state index in [1.165, 1.54) is 4.90 Å². The first-order chi connectivity index (χ1) is 9.08. The fourth-order valence-electron chi connectivity index (χ4n) is 2.51. The molecule has 0 aliphatic carbocycles. The minimum atomic E-state index is -0.865. The number of β-amino-alcohol motifs (C(OH)–C–C–N with tert-alkyl or cyclic N) is 1. The molecule has 5 nitrogen and oxygen atoms in total. The highest BCUT2D eigenvalue weighted by Crippen LogP contribution is 2.16. The molecule has 0 radical (unpaired) electrons. The van der Waals surface area contributed by atoms with Gasteiger partial charge >= 0.3 is 6.09 Å². The summed E-state index contributed by atoms with van der Waals surface area (Å²) in [6.07, 6.45) is -1.39. The van der Waals surface area contributed by atoms with E-state index in [9.17, 15) is 9.90 Å². The van der Waals surface area contributed by atoms with Gasteiger partial charge < -0.3 is 15.1 Å². The van der Waals surface area contributed by atoms with Crippen molar-refractivity contribution in [2.75, 3.05) is 26.2 Å². The second-order valence-corrected chi connectivity index (χ2v) is 5.01. The fourth-order valence-corrected chi connectivity index (χ4v) is 2.51. The molecule has 5 heteroatoms. The highest BCUT2D eigenvalue weighted by Gasteiger charge is 2.28. The van der Waals surface area contributed by atoms with E-state index in [0.29, 0.717) is 26.2 Å². The summed E-state index contributed by atoms with van der Waals surface area (Å²) in [4.78, 5) is 14.5. The highest BCUT2D eigenvalue weighted by molar-refractivity contribution is 5.65. The Bertz CT molecular complexity index is 424. The van der Waals surface area contributed by atoms with Gasteiger partial charge in [0.2, 0.25) is 0 Å². The maximum atomic E-state index is 11.0. The predicted molar refractivity (Wildman–Crippen MR) is 72.0 cm³/mol. The fraction of sp³-hybridized carbons (Fsp3) is 0.500. The molecule has 0 aromatic heterocycles. The number of aliphatic hydroxyl groups is 1. The van der Waals surface area contributed by atoms with Gasteiger partial charge in [-0.25, -0.2) is 4.79 Å². The number of amides is 1. The third-order valence-electron chi connectivity index (χ3n) is 3.57. The van der Waals surface area contributed by atoms with Crippen molar-refractivity contribution in [3.63, 3.8) is 0 Å². The second-order valence-electron chi connectivity index (χ2n) is 5.01. The summed E-state index contributed by atoms with van der Waals surface area (Å²) in [6, 6.07) is 9.51. The zero-order chi connectivity index (χ0) is 13.8. The van der Waals surface area contributed by atoms with E-state index < -0.39 is 12.2 Å². The monoisotopic (exact) mass is 264 g/mol. The Morgan fingerprint density at radius 2 is 2.05 bits per heavy atom. The predicted octanol–water partition coefficient (Wildman–Crippen LogP) is 1.40. The molecule has 1 aliphatic heterocycles. The molecule has 1 heterocycles. The molecule has 2 atom stereocenters. The normalized spacial score (nSPS) is 22.2. The third-order valence-corrected chi connectivity index (χ3v) is 3.57. The molecule has 0 bridgehead atoms. The summed E-state index contributed by atoms with van der Waals surface area (Å²) in [5, 5.41) is 19.2. The second kappa shape index (κ2) is 6.04. The van der Waals surface area contributed by atoms with Crippen molar-refractivity contribution >= 4 is 6.09 Å². The number of aliphatic hydroxyl groups excluding tert-OH is 1. The molecule has 0 unspecified atom stereocenters. The van der Waals surface area contributed by atoms with Crippen LogP contribution in [0.3, 0.4) is 0 Å². The summed E-state index contributed by atoms with van der Waals surface area (Å²) in [5.74, 6) is 0. The lowest BCUT2D eigenvalue weighted by Crippen LogP contribution is -2.54. The van der Waals surface area contributed by atoms with Gasteiger partial charge in [0.25, 0.3) is 0 Å². The van der Waals surface area contributed by atoms with Gasteiger partial charge in [-0.05, 0) is 12.5 Å². The number of carboxylic acid groups (broad SMARTS) is 1. The van der Waals surface area contributed by atoms with Crippen molar-refractivity contribution in [3.05, 3.63) is 35.9 Å². The Morgan fingerprint density at radius 1 is 1.37 bits per heavy atom. The Balaban J connectivity index is 1.90. The van der Waals surface area contributed by atoms with Crippen LogP contribution < -0.4 is 0 Å². The van der Waals surface area contributed by atoms with Crippen molar-refractivity contribution < 1.29 is 15.0 Å². The zero-order valence-corrected chi connectivity index (χ0v) is 11.1. The standard InChI is InChI=1S/C14H20N2O3/c1-11-9-15(7-8-16(11)14(18)19)10-13(17)12-5-3-2-4-6-12/h2-6,11,13,17H,7-10H2,1H3,(H,18,19)/t11-,13+/m1/s1. The molecule has 2 N–H and O–H groups in total. The smallest absolute Gasteiger partial charge is 0.407 e. The number of rotatable bonds is 3. The molecule has 19 heavy (non-hydrogen) atoms. The van der Waals surface area contributed by atoms with Gasteiger partial charge in [0.1, 0.15) is 0 Å². The van der Waals surface area contributed by atoms with E-state index in [1.807, 2.05) is 37.3 Å². The Hall–Kier alpha value is -1.59. The Labute approximate surface area is 113 Å². The molecule has 1 aliphatic rings. The lowest BCUT2D eigenvalue weighted by atomic mass is 10.1. The number of hydrogen-bond donors (Lipinski definition) is 2. The largest absolute Gasteiger partial charge is 0.465 e. The molecule has 1 fully saturated rings. The molecular weight excluding hydrogens is 244 g/mol. The Kier molecular flexibility index (Phi) is 4.39. The highest BCUT2D eigenvalue weighted by atomic mass is 16.4. The van der Waals surface area contributed by atoms with Crippen LogP contribution >= 0.6 is 0 Å². The van der Waals surface area contributed by atoms with Gasteiger partial charge in [0.05, 0.1) is 6.10 Å². The quantitative estimate of drug-likeness (QED) is 0.866. The average Bonchev–Trinajstić information content (AvgIpc) is 2.39. The summed E-state index contributed by atoms with van der Waals surface area (Å²) in [6.45, 7) is 4.27. The molecule has 0 spiro atoms. The van der Waals surface area contributed by atoms with Gasteiger partial charge in [-0.3, -0.25) is 4.90 Å². The van der Waals surface area contributed by atoms with Crippen LogP contribution in [0.5, 0.6) is 0 Å². The molecule has 2 rings (SSSR count). The number of benzene rings is 1. The van der Waals surface area contributed by atoms with E-state index >= 15 is 0 Å². The van der Waals surface area contributed by atoms with E-state index in [-0.39, 0.29) is 6.04 Å². The molecule has 1 saturated heterocycles. The van der Waals surface area contributed by atoms with E-state index in [4.69, 9.17) is 5.11 Å². The lowest BCUT2D eigenvalue weighted by molar-refractivity contribution is 0.0460. The topological polar surface area (TPSA) is 64.0 Å². The van der Waals surface area contributed by atoms with Gasteiger partial charge in [-0.1, -0.05) is 30.3 Å². The first-order valence-electron chi connectivity index (χ1n) is 6.53. The maximum absolute atomic E-state index is 11.0. The maximum Gasteiger partial charge on any atom is 0.407 e. The van der Waals surface area contributed by atoms with Crippen molar-refractivity contribution in [2.24, 2.45) is 0 Å². The SMILES string of the molecule is C[C@@H]1CN(C[C@H](O)c2ccccc2)CCN1C(=O)O. The Morgan fingerprint density at radius 3 is 2.63 bits per heavy atom. The van der Waals surface area contributed by atoms with Crippen molar-refractivity contribution in [2.45, 2.75) is 19.1 Å². The molecular formula is C14H20N2O3. The van der Waals surface area contributed by atoms with Crippen LogP contribution in [0.1, 0.15) is 18.6 Å². The zero-order valence-electron chi connectivity index (χ0n) is 11.1. The van der Waals surface area contributed by atoms with Crippen LogP contribution in [0, 0.1) is 0 Å². The number of piperazine rings is 1. The minimum Gasteiger partial charge on any atom is -0.465 e. The van der Waals surface area contributed by atoms with E-state index in [1.54, 1.807) is 0 Å². The van der Waals surface area contributed by atoms with Gasteiger partial charge in [-0.2, -0.15) is 0 Å². The molecule has 104 valence electrons. The summed E-state index contributed by atoms with van der Waals surface area (Å²) >= 11 is 0. The summed E-state index contributed by atoms with van der Waals surface area (Å²) in [7, 11) is 0. The molecule has 0 saturated carbocycles. The van der Waals surface area contributed by atoms with Crippen molar-refractivity contribution in [3.8, 4) is 0 Å². The molecule has 1 amide bonds. The number of nitrogens with zero attached hydrogens (tertiary/aromatic N) is 2. The van der Waals surface area contributed by atoms with Crippen LogP contribution in [0.25, 0.3) is 0 Å². The third kappa shape index (κ3) is 3.45. The molecule has 1 aromatic carbocycles. The summed E-state index contributed by atoms with van der Waals surface area (Å²) < 4.78 is 0. The minimum absolute atomic E-state index is 0.0331. The number of carbonyl (C=O) groups is 1. The molecule has 1 aromatic rings. The average molecular weight is 264 g/mol. The van der Waals surface area contributed by atoms with Crippen LogP contribution in [0.2, 0.25) is 0 Å². The first-order valence-corrected chi connectivity index (χ1v) is 6.53. The summed E-state index contributed by atoms with van der Waals surface area (Å²) in [5.41, 5.74) is 0.899. The van der Waals surface area contributed by atoms with Crippen molar-refractivity contribution in [1.29, 1.82) is 0 Å².